The Balaban J connectivity index is 2.81. The number of anilines is 1. The van der Waals surface area contributed by atoms with Crippen molar-refractivity contribution in [2.45, 2.75) is 20.0 Å². The number of carbonyl (C=O) groups excluding carboxylic acids is 1. The summed E-state index contributed by atoms with van der Waals surface area (Å²) < 4.78 is 38.2. The van der Waals surface area contributed by atoms with Gasteiger partial charge in [-0.3, -0.25) is 4.79 Å². The van der Waals surface area contributed by atoms with E-state index in [9.17, 15) is 18.0 Å². The molecule has 1 aromatic rings. The molecule has 0 aliphatic heterocycles. The molecule has 0 saturated heterocycles. The van der Waals surface area contributed by atoms with E-state index in [2.05, 4.69) is 26.6 Å². The van der Waals surface area contributed by atoms with Gasteiger partial charge in [-0.2, -0.15) is 13.2 Å². The molecular weight excluding hydrogens is 337 g/mol. The van der Waals surface area contributed by atoms with E-state index >= 15 is 0 Å². The summed E-state index contributed by atoms with van der Waals surface area (Å²) in [5.41, 5.74) is -0.677. The molecule has 0 saturated carbocycles. The van der Waals surface area contributed by atoms with Gasteiger partial charge in [-0.1, -0.05) is 29.8 Å². The van der Waals surface area contributed by atoms with Crippen molar-refractivity contribution in [1.29, 1.82) is 0 Å². The fraction of sp³-hybridized carbons (Fsp3) is 0.462. The van der Waals surface area contributed by atoms with Crippen LogP contribution in [0.5, 0.6) is 0 Å². The second-order valence-electron chi connectivity index (χ2n) is 4.39. The zero-order valence-corrected chi connectivity index (χ0v) is 12.7. The number of alkyl halides is 3. The lowest BCUT2D eigenvalue weighted by molar-refractivity contribution is -0.138. The lowest BCUT2D eigenvalue weighted by Gasteiger charge is -2.15. The van der Waals surface area contributed by atoms with E-state index in [0.717, 1.165) is 12.6 Å². The maximum Gasteiger partial charge on any atom is 0.417 e. The molecule has 1 aromatic carbocycles. The molecule has 1 amide bonds. The molecule has 0 aromatic heterocycles. The Bertz CT molecular complexity index is 477. The highest BCUT2D eigenvalue weighted by Crippen LogP contribution is 2.36. The second-order valence-corrected chi connectivity index (χ2v) is 5.24. The number of halogens is 4. The van der Waals surface area contributed by atoms with Gasteiger partial charge in [0, 0.05) is 22.6 Å². The number of amides is 1. The summed E-state index contributed by atoms with van der Waals surface area (Å²) in [6.45, 7) is 4.83. The molecule has 7 heteroatoms. The Morgan fingerprint density at radius 1 is 1.40 bits per heavy atom. The molecule has 0 aliphatic rings. The van der Waals surface area contributed by atoms with Gasteiger partial charge in [-0.25, -0.2) is 0 Å². The zero-order valence-electron chi connectivity index (χ0n) is 11.1. The van der Waals surface area contributed by atoms with E-state index in [1.54, 1.807) is 6.92 Å². The van der Waals surface area contributed by atoms with Crippen LogP contribution in [0.2, 0.25) is 0 Å². The van der Waals surface area contributed by atoms with Crippen LogP contribution in [0, 0.1) is 5.92 Å². The third kappa shape index (κ3) is 4.79. The molecule has 20 heavy (non-hydrogen) atoms. The van der Waals surface area contributed by atoms with Crippen molar-refractivity contribution in [3.05, 3.63) is 28.2 Å². The van der Waals surface area contributed by atoms with Crippen molar-refractivity contribution in [3.8, 4) is 0 Å². The normalized spacial score (nSPS) is 13.1. The van der Waals surface area contributed by atoms with E-state index in [4.69, 9.17) is 0 Å². The molecule has 0 heterocycles. The van der Waals surface area contributed by atoms with Gasteiger partial charge in [0.1, 0.15) is 0 Å². The highest BCUT2D eigenvalue weighted by Gasteiger charge is 2.33. The van der Waals surface area contributed by atoms with E-state index in [0.29, 0.717) is 6.54 Å². The van der Waals surface area contributed by atoms with E-state index in [1.165, 1.54) is 12.1 Å². The van der Waals surface area contributed by atoms with Crippen molar-refractivity contribution in [1.82, 2.24) is 5.32 Å². The lowest BCUT2D eigenvalue weighted by atomic mass is 10.1. The molecule has 0 aliphatic carbocycles. The Morgan fingerprint density at radius 3 is 2.60 bits per heavy atom. The standard InChI is InChI=1S/C13H16BrF3N2O/c1-3-18-7-8(2)12(20)19-9-4-5-11(14)10(6-9)13(15,16)17/h4-6,8,18H,3,7H2,1-2H3,(H,19,20). The second kappa shape index (κ2) is 7.08. The topological polar surface area (TPSA) is 41.1 Å². The summed E-state index contributed by atoms with van der Waals surface area (Å²) in [6.07, 6.45) is -4.46. The van der Waals surface area contributed by atoms with E-state index in [1.807, 2.05) is 6.92 Å². The fourth-order valence-corrected chi connectivity index (χ4v) is 2.01. The molecule has 1 unspecified atom stereocenters. The maximum absolute atomic E-state index is 12.7. The number of rotatable bonds is 5. The zero-order chi connectivity index (χ0) is 15.3. The predicted molar refractivity (Wildman–Crippen MR) is 75.5 cm³/mol. The number of hydrogen-bond donors (Lipinski definition) is 2. The maximum atomic E-state index is 12.7. The largest absolute Gasteiger partial charge is 0.417 e. The molecule has 0 bridgehead atoms. The first kappa shape index (κ1) is 17.0. The third-order valence-electron chi connectivity index (χ3n) is 2.69. The Labute approximate surface area is 124 Å². The summed E-state index contributed by atoms with van der Waals surface area (Å²) in [5, 5.41) is 5.50. The number of hydrogen-bond acceptors (Lipinski definition) is 2. The summed E-state index contributed by atoms with van der Waals surface area (Å²) in [7, 11) is 0. The van der Waals surface area contributed by atoms with Gasteiger partial charge >= 0.3 is 6.18 Å². The van der Waals surface area contributed by atoms with Crippen LogP contribution in [0.4, 0.5) is 18.9 Å². The van der Waals surface area contributed by atoms with Crippen LogP contribution in [0.15, 0.2) is 22.7 Å². The first-order valence-corrected chi connectivity index (χ1v) is 6.93. The summed E-state index contributed by atoms with van der Waals surface area (Å²) in [5.74, 6) is -0.644. The molecule has 112 valence electrons. The van der Waals surface area contributed by atoms with Crippen molar-refractivity contribution in [3.63, 3.8) is 0 Å². The molecule has 1 atom stereocenters. The van der Waals surface area contributed by atoms with Gasteiger partial charge in [0.15, 0.2) is 0 Å². The third-order valence-corrected chi connectivity index (χ3v) is 3.38. The molecular formula is C13H16BrF3N2O. The Kier molecular flexibility index (Phi) is 6.01. The Hall–Kier alpha value is -1.08. The van der Waals surface area contributed by atoms with Crippen molar-refractivity contribution >= 4 is 27.5 Å². The molecule has 3 nitrogen and oxygen atoms in total. The smallest absolute Gasteiger partial charge is 0.326 e. The molecule has 0 fully saturated rings. The van der Waals surface area contributed by atoms with Crippen LogP contribution >= 0.6 is 15.9 Å². The van der Waals surface area contributed by atoms with Gasteiger partial charge in [0.25, 0.3) is 0 Å². The molecule has 0 spiro atoms. The minimum Gasteiger partial charge on any atom is -0.326 e. The minimum absolute atomic E-state index is 0.0521. The quantitative estimate of drug-likeness (QED) is 0.849. The van der Waals surface area contributed by atoms with E-state index < -0.39 is 11.7 Å². The van der Waals surface area contributed by atoms with Gasteiger partial charge in [-0.05, 0) is 24.7 Å². The number of carbonyl (C=O) groups is 1. The molecule has 1 rings (SSSR count). The van der Waals surface area contributed by atoms with Crippen LogP contribution in [-0.2, 0) is 11.0 Å². The SMILES string of the molecule is CCNCC(C)C(=O)Nc1ccc(Br)c(C(F)(F)F)c1. The van der Waals surface area contributed by atoms with Crippen LogP contribution < -0.4 is 10.6 Å². The van der Waals surface area contributed by atoms with Gasteiger partial charge in [0.05, 0.1) is 5.56 Å². The highest BCUT2D eigenvalue weighted by atomic mass is 79.9. The van der Waals surface area contributed by atoms with Crippen LogP contribution in [-0.4, -0.2) is 19.0 Å². The number of nitrogens with one attached hydrogen (secondary N) is 2. The van der Waals surface area contributed by atoms with Crippen LogP contribution in [0.25, 0.3) is 0 Å². The average molecular weight is 353 g/mol. The van der Waals surface area contributed by atoms with Crippen molar-refractivity contribution < 1.29 is 18.0 Å². The van der Waals surface area contributed by atoms with Gasteiger partial charge in [0.2, 0.25) is 5.91 Å². The van der Waals surface area contributed by atoms with Crippen molar-refractivity contribution in [2.75, 3.05) is 18.4 Å². The van der Waals surface area contributed by atoms with E-state index in [-0.39, 0.29) is 22.0 Å². The lowest BCUT2D eigenvalue weighted by Crippen LogP contribution is -2.30. The van der Waals surface area contributed by atoms with Crippen LogP contribution in [0.3, 0.4) is 0 Å². The molecule has 2 N–H and O–H groups in total. The summed E-state index contributed by atoms with van der Waals surface area (Å²) in [6, 6.07) is 3.62. The average Bonchev–Trinajstić information content (AvgIpc) is 2.36. The number of benzene rings is 1. The van der Waals surface area contributed by atoms with Gasteiger partial charge in [-0.15, -0.1) is 0 Å². The monoisotopic (exact) mass is 352 g/mol. The fourth-order valence-electron chi connectivity index (χ4n) is 1.54. The van der Waals surface area contributed by atoms with Crippen LogP contribution in [0.1, 0.15) is 19.4 Å². The summed E-state index contributed by atoms with van der Waals surface area (Å²) >= 11 is 2.85. The van der Waals surface area contributed by atoms with Crippen molar-refractivity contribution in [2.24, 2.45) is 5.92 Å². The minimum atomic E-state index is -4.46. The first-order chi connectivity index (χ1) is 9.25. The van der Waals surface area contributed by atoms with Gasteiger partial charge < -0.3 is 10.6 Å². The Morgan fingerprint density at radius 2 is 2.05 bits per heavy atom. The predicted octanol–water partition coefficient (Wildman–Crippen LogP) is 3.65. The molecule has 0 radical (unpaired) electrons. The summed E-state index contributed by atoms with van der Waals surface area (Å²) in [4.78, 5) is 11.8. The highest BCUT2D eigenvalue weighted by molar-refractivity contribution is 9.10. The first-order valence-electron chi connectivity index (χ1n) is 6.14.